The summed E-state index contributed by atoms with van der Waals surface area (Å²) in [6, 6.07) is 6.25. The van der Waals surface area contributed by atoms with E-state index in [1.54, 1.807) is 60.4 Å². The van der Waals surface area contributed by atoms with Crippen molar-refractivity contribution in [2.75, 3.05) is 30.9 Å². The molecule has 0 radical (unpaired) electrons. The number of hydrogen-bond acceptors (Lipinski definition) is 7. The lowest BCUT2D eigenvalue weighted by atomic mass is 10.1. The summed E-state index contributed by atoms with van der Waals surface area (Å²) in [5, 5.41) is 5.52. The van der Waals surface area contributed by atoms with Gasteiger partial charge in [-0.05, 0) is 31.0 Å². The third kappa shape index (κ3) is 6.15. The molecule has 2 aliphatic heterocycles. The molecule has 1 aromatic carbocycles. The Morgan fingerprint density at radius 2 is 1.74 bits per heavy atom. The molecule has 4 N–H and O–H groups in total. The molecule has 4 amide bonds. The summed E-state index contributed by atoms with van der Waals surface area (Å²) >= 11 is 0. The van der Waals surface area contributed by atoms with Crippen molar-refractivity contribution >= 4 is 46.9 Å². The second kappa shape index (κ2) is 11.9. The Morgan fingerprint density at radius 3 is 2.44 bits per heavy atom. The van der Waals surface area contributed by atoms with Crippen LogP contribution in [-0.4, -0.2) is 70.2 Å². The molecule has 1 atom stereocenters. The van der Waals surface area contributed by atoms with Crippen LogP contribution >= 0.6 is 0 Å². The van der Waals surface area contributed by atoms with E-state index in [2.05, 4.69) is 22.2 Å². The van der Waals surface area contributed by atoms with Crippen LogP contribution in [0, 0.1) is 0 Å². The van der Waals surface area contributed by atoms with Crippen LogP contribution in [0.2, 0.25) is 0 Å². The normalized spacial score (nSPS) is 15.5. The first kappa shape index (κ1) is 29.2. The van der Waals surface area contributed by atoms with Crippen molar-refractivity contribution in [3.05, 3.63) is 65.8 Å². The van der Waals surface area contributed by atoms with Gasteiger partial charge in [0.25, 0.3) is 17.7 Å². The number of anilines is 2. The van der Waals surface area contributed by atoms with Crippen LogP contribution < -0.4 is 25.8 Å². The summed E-state index contributed by atoms with van der Waals surface area (Å²) in [4.78, 5) is 56.3. The van der Waals surface area contributed by atoms with Gasteiger partial charge in [-0.1, -0.05) is 12.2 Å². The zero-order chi connectivity index (χ0) is 30.8. The van der Waals surface area contributed by atoms with Gasteiger partial charge in [0.05, 0.1) is 42.4 Å². The minimum atomic E-state index is -0.604. The number of nitrogens with one attached hydrogen (secondary N) is 2. The molecule has 2 aromatic heterocycles. The molecule has 1 unspecified atom stereocenters. The van der Waals surface area contributed by atoms with Crippen LogP contribution in [-0.2, 0) is 18.9 Å². The molecule has 13 heteroatoms. The third-order valence-electron chi connectivity index (χ3n) is 7.29. The molecule has 3 aromatic rings. The monoisotopic (exact) mass is 587 g/mol. The van der Waals surface area contributed by atoms with Crippen molar-refractivity contribution in [1.82, 2.24) is 14.0 Å². The lowest BCUT2D eigenvalue weighted by Crippen LogP contribution is -2.35. The van der Waals surface area contributed by atoms with Gasteiger partial charge in [0.2, 0.25) is 5.91 Å². The van der Waals surface area contributed by atoms with Crippen LogP contribution in [0.15, 0.2) is 53.8 Å². The van der Waals surface area contributed by atoms with E-state index in [-0.39, 0.29) is 36.6 Å². The highest BCUT2D eigenvalue weighted by molar-refractivity contribution is 6.05. The average molecular weight is 588 g/mol. The fraction of sp³-hybridized carbons (Fsp3) is 0.300. The number of rotatable bonds is 10. The van der Waals surface area contributed by atoms with Gasteiger partial charge in [-0.3, -0.25) is 24.2 Å². The fourth-order valence-electron chi connectivity index (χ4n) is 5.17. The molecular formula is C30H33N7O6. The van der Waals surface area contributed by atoms with Gasteiger partial charge < -0.3 is 39.9 Å². The van der Waals surface area contributed by atoms with Crippen LogP contribution in [0.1, 0.15) is 50.6 Å². The molecule has 0 spiro atoms. The predicted octanol–water partition coefficient (Wildman–Crippen LogP) is 3.01. The number of fused-ring (bicyclic) bond motifs is 2. The van der Waals surface area contributed by atoms with Gasteiger partial charge in [0.1, 0.15) is 11.4 Å². The molecule has 13 nitrogen and oxygen atoms in total. The van der Waals surface area contributed by atoms with Gasteiger partial charge in [0.15, 0.2) is 11.5 Å². The Hall–Kier alpha value is -5.33. The molecule has 4 heterocycles. The second-order valence-corrected chi connectivity index (χ2v) is 10.5. The maximum absolute atomic E-state index is 13.1. The van der Waals surface area contributed by atoms with E-state index in [9.17, 15) is 19.2 Å². The molecule has 1 saturated heterocycles. The minimum Gasteiger partial charge on any atom is -0.493 e. The topological polar surface area (TPSA) is 162 Å². The molecule has 0 aliphatic carbocycles. The van der Waals surface area contributed by atoms with E-state index in [0.717, 1.165) is 5.57 Å². The average Bonchev–Trinajstić information content (AvgIpc) is 3.62. The number of aryl methyl sites for hydroxylation is 2. The highest BCUT2D eigenvalue weighted by Crippen LogP contribution is 2.38. The van der Waals surface area contributed by atoms with Crippen LogP contribution in [0.4, 0.5) is 17.1 Å². The highest BCUT2D eigenvalue weighted by atomic mass is 16.5. The van der Waals surface area contributed by atoms with Gasteiger partial charge in [-0.25, -0.2) is 0 Å². The molecule has 0 bridgehead atoms. The van der Waals surface area contributed by atoms with E-state index in [1.165, 1.54) is 17.7 Å². The Labute approximate surface area is 247 Å². The lowest BCUT2D eigenvalue weighted by Gasteiger charge is -2.20. The molecule has 224 valence electrons. The van der Waals surface area contributed by atoms with Crippen molar-refractivity contribution in [2.45, 2.75) is 25.3 Å². The Bertz CT molecular complexity index is 1670. The Balaban J connectivity index is 1.15. The van der Waals surface area contributed by atoms with E-state index >= 15 is 0 Å². The smallest absolute Gasteiger partial charge is 0.272 e. The van der Waals surface area contributed by atoms with Gasteiger partial charge in [-0.2, -0.15) is 0 Å². The van der Waals surface area contributed by atoms with Gasteiger partial charge in [-0.15, -0.1) is 0 Å². The van der Waals surface area contributed by atoms with E-state index < -0.39 is 11.8 Å². The van der Waals surface area contributed by atoms with E-state index in [4.69, 9.17) is 15.2 Å². The number of nitrogens with zero attached hydrogens (tertiary/aromatic N) is 4. The quantitative estimate of drug-likeness (QED) is 0.244. The number of amides is 4. The van der Waals surface area contributed by atoms with Crippen molar-refractivity contribution in [3.8, 4) is 11.5 Å². The highest BCUT2D eigenvalue weighted by Gasteiger charge is 2.34. The molecule has 5 rings (SSSR count). The maximum Gasteiger partial charge on any atom is 0.272 e. The number of carbonyl (C=O) groups is 4. The first-order chi connectivity index (χ1) is 20.5. The predicted molar refractivity (Wildman–Crippen MR) is 160 cm³/mol. The second-order valence-electron chi connectivity index (χ2n) is 10.5. The zero-order valence-electron chi connectivity index (χ0n) is 24.2. The molecule has 1 fully saturated rings. The number of benzene rings is 1. The standard InChI is InChI=1S/C30H33N7O6/c1-17-8-20-13-32-22-12-26(25(42-4)11-21(22)30(41)37(20)14-17)43-7-5-6-27(38)33-18-10-24(36(3)15-18)29(40)34-19-9-23(28(31)39)35(2)16-19/h9-13,15-16,20H,1,5-8,14H2,2-4H3,(H2,31,39)(H,33,38)(H,34,40). The van der Waals surface area contributed by atoms with Gasteiger partial charge in [0, 0.05) is 51.7 Å². The first-order valence-electron chi connectivity index (χ1n) is 13.6. The molecule has 2 aliphatic rings. The Kier molecular flexibility index (Phi) is 8.06. The van der Waals surface area contributed by atoms with Crippen molar-refractivity contribution in [3.63, 3.8) is 0 Å². The van der Waals surface area contributed by atoms with E-state index in [0.29, 0.717) is 59.2 Å². The van der Waals surface area contributed by atoms with Crippen molar-refractivity contribution in [1.29, 1.82) is 0 Å². The zero-order valence-corrected chi connectivity index (χ0v) is 24.2. The summed E-state index contributed by atoms with van der Waals surface area (Å²) < 4.78 is 14.5. The summed E-state index contributed by atoms with van der Waals surface area (Å²) in [6.07, 6.45) is 6.24. The van der Waals surface area contributed by atoms with Crippen molar-refractivity contribution < 1.29 is 28.7 Å². The lowest BCUT2D eigenvalue weighted by molar-refractivity contribution is -0.116. The van der Waals surface area contributed by atoms with Gasteiger partial charge >= 0.3 is 0 Å². The third-order valence-corrected chi connectivity index (χ3v) is 7.29. The molecule has 43 heavy (non-hydrogen) atoms. The minimum absolute atomic E-state index is 0.114. The SMILES string of the molecule is C=C1CC2C=Nc3cc(OCCCC(=O)Nc4cc(C(=O)Nc5cc(C(N)=O)n(C)c5)n(C)c4)c(OC)cc3C(=O)N2C1. The van der Waals surface area contributed by atoms with E-state index in [1.807, 2.05) is 0 Å². The number of aromatic nitrogens is 2. The summed E-state index contributed by atoms with van der Waals surface area (Å²) in [5.41, 5.74) is 8.72. The Morgan fingerprint density at radius 1 is 1.05 bits per heavy atom. The number of aliphatic imine (C=N–C) groups is 1. The number of primary amides is 1. The van der Waals surface area contributed by atoms with Crippen LogP contribution in [0.5, 0.6) is 11.5 Å². The van der Waals surface area contributed by atoms with Crippen molar-refractivity contribution in [2.24, 2.45) is 24.8 Å². The summed E-state index contributed by atoms with van der Waals surface area (Å²) in [5.74, 6) is -0.562. The number of carbonyl (C=O) groups excluding carboxylic acids is 4. The first-order valence-corrected chi connectivity index (χ1v) is 13.6. The maximum atomic E-state index is 13.1. The van der Waals surface area contributed by atoms with Crippen LogP contribution in [0.25, 0.3) is 0 Å². The number of nitrogens with two attached hydrogens (primary N) is 1. The molecule has 0 saturated carbocycles. The summed E-state index contributed by atoms with van der Waals surface area (Å²) in [7, 11) is 4.84. The number of hydrogen-bond donors (Lipinski definition) is 3. The fourth-order valence-corrected chi connectivity index (χ4v) is 5.17. The number of methoxy groups -OCH3 is 1. The molecular weight excluding hydrogens is 554 g/mol. The largest absolute Gasteiger partial charge is 0.493 e. The number of ether oxygens (including phenoxy) is 2. The summed E-state index contributed by atoms with van der Waals surface area (Å²) in [6.45, 7) is 4.73. The van der Waals surface area contributed by atoms with Crippen LogP contribution in [0.3, 0.4) is 0 Å².